The van der Waals surface area contributed by atoms with E-state index in [1.807, 2.05) is 0 Å². The summed E-state index contributed by atoms with van der Waals surface area (Å²) in [6, 6.07) is 0. The molecule has 0 amide bonds. The number of rotatable bonds is 0. The Kier molecular flexibility index (Phi) is 28.9. The zero-order valence-electron chi connectivity index (χ0n) is 3.41. The number of carbonyl (C=O) groups is 2. The first-order valence-electron chi connectivity index (χ1n) is 1.11. The fraction of sp³-hybridized carbons (Fsp3) is 0. The molecule has 0 aromatic rings. The van der Waals surface area contributed by atoms with Crippen molar-refractivity contribution in [2.24, 2.45) is 0 Å². The topological polar surface area (TPSA) is 74.6 Å². The molecule has 0 unspecified atom stereocenters. The molecule has 0 bridgehead atoms. The summed E-state index contributed by atoms with van der Waals surface area (Å²) in [7, 11) is 0. The molecule has 0 aromatic heterocycles. The average Bonchev–Trinajstić information content (AvgIpc) is 1.36. The molecule has 2 N–H and O–H groups in total. The Labute approximate surface area is 87.9 Å². The standard InChI is InChI=1S/C2H2O4.Mg.Mn.Ni.2H/c3-1(4)2(5)6;;;;;/h(H,3,4)(H,5,6);;;;;. The van der Waals surface area contributed by atoms with Gasteiger partial charge < -0.3 is 10.2 Å². The van der Waals surface area contributed by atoms with Crippen molar-refractivity contribution in [1.29, 1.82) is 0 Å². The van der Waals surface area contributed by atoms with Gasteiger partial charge in [0.15, 0.2) is 0 Å². The van der Waals surface area contributed by atoms with Gasteiger partial charge in [-0.3, -0.25) is 0 Å². The van der Waals surface area contributed by atoms with E-state index in [9.17, 15) is 0 Å². The Hall–Kier alpha value is 0.719. The minimum absolute atomic E-state index is 0. The SMILES string of the molecule is O=C(O)C(=O)O.[MgH2].[Mn].[Ni]. The van der Waals surface area contributed by atoms with Gasteiger partial charge in [-0.05, 0) is 0 Å². The van der Waals surface area contributed by atoms with E-state index in [0.717, 1.165) is 0 Å². The molecule has 4 nitrogen and oxygen atoms in total. The van der Waals surface area contributed by atoms with Gasteiger partial charge in [-0.1, -0.05) is 0 Å². The van der Waals surface area contributed by atoms with Gasteiger partial charge in [0.05, 0.1) is 0 Å². The Morgan fingerprint density at radius 2 is 1.11 bits per heavy atom. The fourth-order valence-electron chi connectivity index (χ4n) is 0. The molecule has 0 saturated carbocycles. The van der Waals surface area contributed by atoms with Crippen molar-refractivity contribution in [3.63, 3.8) is 0 Å². The Balaban J connectivity index is -0.0000000417. The largest absolute Gasteiger partial charge is 0.473 e. The average molecular weight is 230 g/mol. The zero-order valence-corrected chi connectivity index (χ0v) is 5.57. The van der Waals surface area contributed by atoms with Gasteiger partial charge in [0, 0.05) is 33.6 Å². The minimum Gasteiger partial charge on any atom is -0.473 e. The second kappa shape index (κ2) is 11.5. The third kappa shape index (κ3) is 17.7. The van der Waals surface area contributed by atoms with Gasteiger partial charge in [0.1, 0.15) is 0 Å². The van der Waals surface area contributed by atoms with Crippen molar-refractivity contribution >= 4 is 35.0 Å². The predicted molar refractivity (Wildman–Crippen MR) is 23.8 cm³/mol. The van der Waals surface area contributed by atoms with Gasteiger partial charge in [-0.2, -0.15) is 0 Å². The van der Waals surface area contributed by atoms with E-state index in [-0.39, 0.29) is 56.6 Å². The number of hydrogen-bond acceptors (Lipinski definition) is 2. The molecule has 0 fully saturated rings. The second-order valence-electron chi connectivity index (χ2n) is 0.610. The smallest absolute Gasteiger partial charge is 0.414 e. The Morgan fingerprint density at radius 3 is 1.11 bits per heavy atom. The summed E-state index contributed by atoms with van der Waals surface area (Å²) < 4.78 is 0. The Bertz CT molecular complexity index is 84.6. The molecular formula is C2H4MgMnNiO4. The maximum absolute atomic E-state index is 9.10. The van der Waals surface area contributed by atoms with E-state index < -0.39 is 11.9 Å². The molecule has 1 radical (unpaired) electrons. The molecule has 0 aliphatic carbocycles. The molecule has 0 spiro atoms. The first kappa shape index (κ1) is 22.6. The normalized spacial score (nSPS) is 4.89. The van der Waals surface area contributed by atoms with Crippen LogP contribution in [0.2, 0.25) is 0 Å². The van der Waals surface area contributed by atoms with Crippen molar-refractivity contribution in [3.05, 3.63) is 0 Å². The number of carboxylic acids is 2. The van der Waals surface area contributed by atoms with E-state index in [1.165, 1.54) is 0 Å². The monoisotopic (exact) mass is 229 g/mol. The third-order valence-corrected chi connectivity index (χ3v) is 0.183. The summed E-state index contributed by atoms with van der Waals surface area (Å²) in [6.45, 7) is 0. The molecule has 0 aromatic carbocycles. The fourth-order valence-corrected chi connectivity index (χ4v) is 0. The molecule has 7 heteroatoms. The van der Waals surface area contributed by atoms with Crippen molar-refractivity contribution in [3.8, 4) is 0 Å². The number of hydrogen-bond donors (Lipinski definition) is 2. The van der Waals surface area contributed by atoms with Crippen LogP contribution >= 0.6 is 0 Å². The van der Waals surface area contributed by atoms with E-state index in [2.05, 4.69) is 0 Å². The molecule has 0 aliphatic rings. The summed E-state index contributed by atoms with van der Waals surface area (Å²) in [4.78, 5) is 18.2. The summed E-state index contributed by atoms with van der Waals surface area (Å²) >= 11 is 0. The molecule has 0 heterocycles. The molecule has 0 atom stereocenters. The van der Waals surface area contributed by atoms with Crippen LogP contribution in [0, 0.1) is 0 Å². The van der Waals surface area contributed by atoms with Gasteiger partial charge in [-0.25, -0.2) is 9.59 Å². The van der Waals surface area contributed by atoms with E-state index in [1.54, 1.807) is 0 Å². The van der Waals surface area contributed by atoms with Crippen molar-refractivity contribution in [1.82, 2.24) is 0 Å². The van der Waals surface area contributed by atoms with Crippen molar-refractivity contribution < 1.29 is 53.4 Å². The second-order valence-corrected chi connectivity index (χ2v) is 0.610. The quantitative estimate of drug-likeness (QED) is 0.381. The van der Waals surface area contributed by atoms with Gasteiger partial charge in [0.2, 0.25) is 0 Å². The maximum atomic E-state index is 9.10. The summed E-state index contributed by atoms with van der Waals surface area (Å²) in [5.41, 5.74) is 0. The van der Waals surface area contributed by atoms with Gasteiger partial charge in [0.25, 0.3) is 0 Å². The zero-order chi connectivity index (χ0) is 5.15. The van der Waals surface area contributed by atoms with Gasteiger partial charge in [-0.15, -0.1) is 0 Å². The molecular weight excluding hydrogens is 226 g/mol. The van der Waals surface area contributed by atoms with Crippen LogP contribution in [0.4, 0.5) is 0 Å². The van der Waals surface area contributed by atoms with Crippen LogP contribution in [0.15, 0.2) is 0 Å². The number of aliphatic carboxylic acids is 2. The first-order chi connectivity index (χ1) is 2.64. The van der Waals surface area contributed by atoms with Crippen LogP contribution in [0.5, 0.6) is 0 Å². The predicted octanol–water partition coefficient (Wildman–Crippen LogP) is -1.77. The first-order valence-corrected chi connectivity index (χ1v) is 1.11. The number of carboxylic acid groups (broad SMARTS) is 2. The molecule has 0 aliphatic heterocycles. The summed E-state index contributed by atoms with van der Waals surface area (Å²) in [5, 5.41) is 14.8. The van der Waals surface area contributed by atoms with Crippen LogP contribution in [0.1, 0.15) is 0 Å². The van der Waals surface area contributed by atoms with Crippen LogP contribution in [-0.4, -0.2) is 45.2 Å². The van der Waals surface area contributed by atoms with Crippen molar-refractivity contribution in [2.45, 2.75) is 0 Å². The Morgan fingerprint density at radius 1 is 1.00 bits per heavy atom. The van der Waals surface area contributed by atoms with Gasteiger partial charge >= 0.3 is 35.0 Å². The summed E-state index contributed by atoms with van der Waals surface area (Å²) in [6.07, 6.45) is 0. The van der Waals surface area contributed by atoms with Crippen LogP contribution in [0.25, 0.3) is 0 Å². The van der Waals surface area contributed by atoms with Crippen molar-refractivity contribution in [2.75, 3.05) is 0 Å². The van der Waals surface area contributed by atoms with Crippen LogP contribution in [-0.2, 0) is 43.1 Å². The molecule has 9 heavy (non-hydrogen) atoms. The van der Waals surface area contributed by atoms with Crippen LogP contribution < -0.4 is 0 Å². The van der Waals surface area contributed by atoms with E-state index in [4.69, 9.17) is 19.8 Å². The van der Waals surface area contributed by atoms with E-state index in [0.29, 0.717) is 0 Å². The third-order valence-electron chi connectivity index (χ3n) is 0.183. The minimum atomic E-state index is -1.82. The molecule has 0 rings (SSSR count). The van der Waals surface area contributed by atoms with E-state index >= 15 is 0 Å². The molecule has 0 saturated heterocycles. The summed E-state index contributed by atoms with van der Waals surface area (Å²) in [5.74, 6) is -3.65. The maximum Gasteiger partial charge on any atom is 0.414 e. The van der Waals surface area contributed by atoms with Crippen LogP contribution in [0.3, 0.4) is 0 Å². The molecule has 55 valence electrons.